The van der Waals surface area contributed by atoms with Crippen LogP contribution in [0.25, 0.3) is 0 Å². The fourth-order valence-electron chi connectivity index (χ4n) is 3.89. The first kappa shape index (κ1) is 29.6. The average Bonchev–Trinajstić information content (AvgIpc) is 3.27. The van der Waals surface area contributed by atoms with Crippen molar-refractivity contribution in [2.24, 2.45) is 0 Å². The standard InChI is InChI=1S/C23H31NO7.C2H2O4/c1-15(5-7-19(25)30-13-10-24-8-11-29-12-9-24)4-6-17-21(26)20-18(14-31-23(20)27)16(2)22(17)28-3;3-1(4)2(5)6/h4,26H,5-14H2,1-3H3;(H,3,4)(H,5,6)/b15-4+;. The summed E-state index contributed by atoms with van der Waals surface area (Å²) < 4.78 is 21.2. The number of benzene rings is 1. The molecule has 2 aliphatic rings. The van der Waals surface area contributed by atoms with Crippen molar-refractivity contribution >= 4 is 23.9 Å². The first-order chi connectivity index (χ1) is 17.6. The number of ether oxygens (including phenoxy) is 4. The lowest BCUT2D eigenvalue weighted by Gasteiger charge is -2.26. The Morgan fingerprint density at radius 2 is 1.76 bits per heavy atom. The number of phenolic OH excluding ortho intramolecular Hbond substituents is 1. The molecule has 12 heteroatoms. The maximum absolute atomic E-state index is 12.0. The van der Waals surface area contributed by atoms with Gasteiger partial charge in [0.2, 0.25) is 0 Å². The topological polar surface area (TPSA) is 169 Å². The number of morpholine rings is 1. The van der Waals surface area contributed by atoms with Crippen LogP contribution in [0.2, 0.25) is 0 Å². The second-order valence-electron chi connectivity index (χ2n) is 8.45. The second-order valence-corrected chi connectivity index (χ2v) is 8.45. The van der Waals surface area contributed by atoms with Crippen molar-refractivity contribution in [1.29, 1.82) is 0 Å². The lowest BCUT2D eigenvalue weighted by molar-refractivity contribution is -0.159. The van der Waals surface area contributed by atoms with E-state index in [0.717, 1.165) is 44.0 Å². The summed E-state index contributed by atoms with van der Waals surface area (Å²) in [4.78, 5) is 44.4. The Bertz CT molecular complexity index is 1030. The fraction of sp³-hybridized carbons (Fsp3) is 0.520. The minimum absolute atomic E-state index is 0.0912. The van der Waals surface area contributed by atoms with Gasteiger partial charge in [-0.05, 0) is 32.3 Å². The minimum atomic E-state index is -1.82. The summed E-state index contributed by atoms with van der Waals surface area (Å²) in [6, 6.07) is 0. The molecule has 0 amide bonds. The Labute approximate surface area is 214 Å². The van der Waals surface area contributed by atoms with Gasteiger partial charge >= 0.3 is 23.9 Å². The number of allylic oxidation sites excluding steroid dienone is 2. The van der Waals surface area contributed by atoms with Gasteiger partial charge < -0.3 is 34.3 Å². The van der Waals surface area contributed by atoms with Gasteiger partial charge in [0.1, 0.15) is 30.3 Å². The summed E-state index contributed by atoms with van der Waals surface area (Å²) in [5.41, 5.74) is 3.23. The monoisotopic (exact) mass is 523 g/mol. The van der Waals surface area contributed by atoms with E-state index in [-0.39, 0.29) is 23.9 Å². The molecule has 12 nitrogen and oxygen atoms in total. The number of phenols is 1. The van der Waals surface area contributed by atoms with Crippen LogP contribution in [0.5, 0.6) is 11.5 Å². The third-order valence-electron chi connectivity index (χ3n) is 5.98. The molecule has 3 N–H and O–H groups in total. The number of rotatable bonds is 9. The van der Waals surface area contributed by atoms with Gasteiger partial charge in [0.15, 0.2) is 0 Å². The molecule has 37 heavy (non-hydrogen) atoms. The maximum Gasteiger partial charge on any atom is 0.414 e. The average molecular weight is 524 g/mol. The van der Waals surface area contributed by atoms with Crippen molar-refractivity contribution in [3.63, 3.8) is 0 Å². The number of methoxy groups -OCH3 is 1. The number of fused-ring (bicyclic) bond motifs is 1. The Hall–Kier alpha value is -3.64. The predicted octanol–water partition coefficient (Wildman–Crippen LogP) is 1.68. The number of hydrogen-bond donors (Lipinski definition) is 3. The zero-order valence-electron chi connectivity index (χ0n) is 21.2. The first-order valence-electron chi connectivity index (χ1n) is 11.7. The van der Waals surface area contributed by atoms with E-state index in [0.29, 0.717) is 42.7 Å². The summed E-state index contributed by atoms with van der Waals surface area (Å²) in [6.45, 7) is 8.23. The van der Waals surface area contributed by atoms with Crippen LogP contribution in [-0.2, 0) is 41.6 Å². The molecule has 3 rings (SSSR count). The Morgan fingerprint density at radius 1 is 1.11 bits per heavy atom. The van der Waals surface area contributed by atoms with Gasteiger partial charge in [-0.15, -0.1) is 0 Å². The van der Waals surface area contributed by atoms with Crippen LogP contribution < -0.4 is 4.74 Å². The molecule has 0 unspecified atom stereocenters. The molecule has 1 fully saturated rings. The number of carbonyl (C=O) groups is 4. The molecule has 0 atom stereocenters. The van der Waals surface area contributed by atoms with E-state index in [1.54, 1.807) is 7.11 Å². The van der Waals surface area contributed by atoms with Crippen molar-refractivity contribution in [3.8, 4) is 11.5 Å². The largest absolute Gasteiger partial charge is 0.507 e. The second kappa shape index (κ2) is 14.2. The molecule has 0 aliphatic carbocycles. The highest BCUT2D eigenvalue weighted by Crippen LogP contribution is 2.42. The number of hydrogen-bond acceptors (Lipinski definition) is 10. The number of nitrogens with zero attached hydrogens (tertiary/aromatic N) is 1. The summed E-state index contributed by atoms with van der Waals surface area (Å²) >= 11 is 0. The lowest BCUT2D eigenvalue weighted by atomic mass is 9.94. The number of carboxylic acid groups (broad SMARTS) is 2. The summed E-state index contributed by atoms with van der Waals surface area (Å²) in [7, 11) is 1.54. The van der Waals surface area contributed by atoms with Gasteiger partial charge in [-0.3, -0.25) is 9.69 Å². The van der Waals surface area contributed by atoms with E-state index in [1.807, 2.05) is 19.9 Å². The highest BCUT2D eigenvalue weighted by Gasteiger charge is 2.31. The number of aliphatic carboxylic acids is 2. The molecule has 2 aliphatic heterocycles. The molecule has 2 heterocycles. The smallest absolute Gasteiger partial charge is 0.414 e. The van der Waals surface area contributed by atoms with Crippen LogP contribution in [0.1, 0.15) is 46.8 Å². The highest BCUT2D eigenvalue weighted by atomic mass is 16.5. The number of carboxylic acids is 2. The van der Waals surface area contributed by atoms with Crippen molar-refractivity contribution < 1.29 is 53.4 Å². The first-order valence-corrected chi connectivity index (χ1v) is 11.7. The highest BCUT2D eigenvalue weighted by molar-refractivity contribution is 6.27. The third-order valence-corrected chi connectivity index (χ3v) is 5.98. The van der Waals surface area contributed by atoms with E-state index in [4.69, 9.17) is 38.7 Å². The lowest BCUT2D eigenvalue weighted by Crippen LogP contribution is -2.38. The summed E-state index contributed by atoms with van der Waals surface area (Å²) in [5.74, 6) is -3.92. The Kier molecular flexibility index (Phi) is 11.3. The third kappa shape index (κ3) is 8.46. The summed E-state index contributed by atoms with van der Waals surface area (Å²) in [6.07, 6.45) is 3.18. The number of cyclic esters (lactones) is 1. The Balaban J connectivity index is 0.000000717. The van der Waals surface area contributed by atoms with E-state index in [2.05, 4.69) is 4.90 Å². The van der Waals surface area contributed by atoms with Crippen molar-refractivity contribution in [3.05, 3.63) is 33.9 Å². The normalized spacial score (nSPS) is 15.2. The van der Waals surface area contributed by atoms with Crippen LogP contribution in [0, 0.1) is 6.92 Å². The van der Waals surface area contributed by atoms with Crippen LogP contribution in [0.15, 0.2) is 11.6 Å². The molecule has 0 bridgehead atoms. The molecule has 0 spiro atoms. The Morgan fingerprint density at radius 3 is 2.35 bits per heavy atom. The van der Waals surface area contributed by atoms with Gasteiger partial charge in [0.25, 0.3) is 0 Å². The molecule has 0 radical (unpaired) electrons. The number of carbonyl (C=O) groups excluding carboxylic acids is 2. The predicted molar refractivity (Wildman–Crippen MR) is 129 cm³/mol. The van der Waals surface area contributed by atoms with Crippen molar-refractivity contribution in [1.82, 2.24) is 4.90 Å². The van der Waals surface area contributed by atoms with Crippen LogP contribution in [0.4, 0.5) is 0 Å². The van der Waals surface area contributed by atoms with E-state index in [9.17, 15) is 14.7 Å². The molecule has 0 aromatic heterocycles. The molecular weight excluding hydrogens is 490 g/mol. The van der Waals surface area contributed by atoms with Crippen LogP contribution in [-0.4, -0.2) is 90.7 Å². The van der Waals surface area contributed by atoms with Crippen molar-refractivity contribution in [2.45, 2.75) is 39.7 Å². The minimum Gasteiger partial charge on any atom is -0.507 e. The molecular formula is C25H33NO11. The van der Waals surface area contributed by atoms with Gasteiger partial charge in [-0.1, -0.05) is 11.6 Å². The van der Waals surface area contributed by atoms with E-state index in [1.165, 1.54) is 0 Å². The SMILES string of the molecule is COc1c(C)c2c(c(O)c1C/C=C(\C)CCC(=O)OCCN1CCOCC1)C(=O)OC2.O=C(O)C(=O)O. The fourth-order valence-corrected chi connectivity index (χ4v) is 3.89. The van der Waals surface area contributed by atoms with Gasteiger partial charge in [-0.25, -0.2) is 14.4 Å². The summed E-state index contributed by atoms with van der Waals surface area (Å²) in [5, 5.41) is 25.4. The van der Waals surface area contributed by atoms with Gasteiger partial charge in [0.05, 0.1) is 20.3 Å². The molecule has 204 valence electrons. The number of aromatic hydroxyl groups is 1. The van der Waals surface area contributed by atoms with E-state index >= 15 is 0 Å². The molecule has 1 aromatic rings. The van der Waals surface area contributed by atoms with Crippen molar-refractivity contribution in [2.75, 3.05) is 46.6 Å². The van der Waals surface area contributed by atoms with E-state index < -0.39 is 17.9 Å². The zero-order valence-corrected chi connectivity index (χ0v) is 21.2. The van der Waals surface area contributed by atoms with Crippen LogP contribution in [0.3, 0.4) is 0 Å². The quantitative estimate of drug-likeness (QED) is 0.244. The molecule has 1 aromatic carbocycles. The number of esters is 2. The molecule has 0 saturated carbocycles. The van der Waals surface area contributed by atoms with Gasteiger partial charge in [0, 0.05) is 37.2 Å². The van der Waals surface area contributed by atoms with Gasteiger partial charge in [-0.2, -0.15) is 0 Å². The zero-order chi connectivity index (χ0) is 27.5. The molecule has 1 saturated heterocycles. The van der Waals surface area contributed by atoms with Crippen LogP contribution >= 0.6 is 0 Å². The maximum atomic E-state index is 12.0.